The van der Waals surface area contributed by atoms with Gasteiger partial charge in [0.15, 0.2) is 0 Å². The van der Waals surface area contributed by atoms with Crippen LogP contribution < -0.4 is 10.6 Å². The molecule has 8 heteroatoms. The second-order valence-corrected chi connectivity index (χ2v) is 5.26. The zero-order chi connectivity index (χ0) is 19.5. The third-order valence-electron chi connectivity index (χ3n) is 2.56. The second kappa shape index (κ2) is 17.7. The molecule has 0 saturated heterocycles. The molecule has 0 aliphatic carbocycles. The first-order valence-corrected chi connectivity index (χ1v) is 9.13. The van der Waals surface area contributed by atoms with Crippen LogP contribution in [-0.4, -0.2) is 16.0 Å². The Bertz CT molecular complexity index is 713. The van der Waals surface area contributed by atoms with Crippen molar-refractivity contribution in [2.75, 3.05) is 0 Å². The molecular weight excluding hydrogens is 558 g/mol. The summed E-state index contributed by atoms with van der Waals surface area (Å²) in [7, 11) is 0. The van der Waals surface area contributed by atoms with E-state index in [1.165, 1.54) is 0 Å². The van der Waals surface area contributed by atoms with Gasteiger partial charge in [-0.15, -0.1) is 0 Å². The molecule has 0 atom stereocenters. The Morgan fingerprint density at radius 3 is 1.54 bits per heavy atom. The fourth-order valence-electron chi connectivity index (χ4n) is 1.48. The van der Waals surface area contributed by atoms with Crippen LogP contribution in [0.2, 0.25) is 0 Å². The number of nitrogens with zero attached hydrogens (tertiary/aromatic N) is 2. The predicted molar refractivity (Wildman–Crippen MR) is 115 cm³/mol. The molecule has 0 fully saturated rings. The van der Waals surface area contributed by atoms with Gasteiger partial charge >= 0.3 is 17.3 Å². The van der Waals surface area contributed by atoms with Gasteiger partial charge < -0.3 is 10.6 Å². The van der Waals surface area contributed by atoms with Crippen LogP contribution in [0.15, 0.2) is 49.1 Å². The first-order chi connectivity index (χ1) is 12.8. The van der Waals surface area contributed by atoms with E-state index in [0.717, 1.165) is 11.1 Å². The van der Waals surface area contributed by atoms with Gasteiger partial charge in [-0.05, 0) is 55.1 Å². The van der Waals surface area contributed by atoms with E-state index in [9.17, 15) is 4.79 Å². The minimum absolute atomic E-state index is 0.191. The first kappa shape index (κ1) is 23.9. The van der Waals surface area contributed by atoms with Gasteiger partial charge in [0.25, 0.3) is 0 Å². The Morgan fingerprint density at radius 1 is 0.885 bits per heavy atom. The van der Waals surface area contributed by atoms with Crippen molar-refractivity contribution in [1.29, 1.82) is 0 Å². The molecule has 2 aromatic heterocycles. The van der Waals surface area contributed by atoms with Crippen LogP contribution >= 0.6 is 45.2 Å². The van der Waals surface area contributed by atoms with Crippen molar-refractivity contribution in [3.05, 3.63) is 66.8 Å². The van der Waals surface area contributed by atoms with Crippen molar-refractivity contribution < 1.29 is 9.45 Å². The van der Waals surface area contributed by atoms with Crippen LogP contribution in [0, 0.1) is 26.3 Å². The maximum absolute atomic E-state index is 11.5. The van der Waals surface area contributed by atoms with Crippen LogP contribution in [0.25, 0.3) is 0 Å². The van der Waals surface area contributed by atoms with E-state index >= 15 is 0 Å². The van der Waals surface area contributed by atoms with Gasteiger partial charge in [-0.25, -0.2) is 4.79 Å². The van der Waals surface area contributed by atoms with E-state index < -0.39 is 0 Å². The van der Waals surface area contributed by atoms with E-state index in [0.29, 0.717) is 13.1 Å². The number of hydrogen-bond acceptors (Lipinski definition) is 3. The standard InChI is InChI=1S/C13H14N4O.C4I2.CO/c18-13(16-9-11-1-5-14-6-2-11)17-10-12-3-7-15-8-4-12;5-3-1-2-4-6;1-2/h1-8H,9-10H2,(H2,16,17,18);;. The summed E-state index contributed by atoms with van der Waals surface area (Å²) in [5, 5.41) is 5.55. The number of amides is 2. The summed E-state index contributed by atoms with van der Waals surface area (Å²) in [6.45, 7) is 5.48. The van der Waals surface area contributed by atoms with E-state index in [2.05, 4.69) is 46.9 Å². The minimum atomic E-state index is -0.191. The maximum atomic E-state index is 11.5. The molecule has 26 heavy (non-hydrogen) atoms. The van der Waals surface area contributed by atoms with Crippen molar-refractivity contribution in [3.63, 3.8) is 0 Å². The quantitative estimate of drug-likeness (QED) is 0.256. The van der Waals surface area contributed by atoms with Gasteiger partial charge in [-0.1, -0.05) is 0 Å². The number of rotatable bonds is 4. The van der Waals surface area contributed by atoms with Gasteiger partial charge in [0.2, 0.25) is 0 Å². The number of halogens is 2. The average Bonchev–Trinajstić information content (AvgIpc) is 2.72. The molecule has 0 radical (unpaired) electrons. The normalized spacial score (nSPS) is 7.69. The topological polar surface area (TPSA) is 86.8 Å². The monoisotopic (exact) mass is 572 g/mol. The molecule has 0 bridgehead atoms. The van der Waals surface area contributed by atoms with Gasteiger partial charge in [-0.2, -0.15) is 0 Å². The molecule has 2 N–H and O–H groups in total. The number of hydrogen-bond donors (Lipinski definition) is 2. The number of carbonyl (C=O) groups is 1. The van der Waals surface area contributed by atoms with Crippen molar-refractivity contribution in [1.82, 2.24) is 20.6 Å². The van der Waals surface area contributed by atoms with Gasteiger partial charge in [0.05, 0.1) is 0 Å². The summed E-state index contributed by atoms with van der Waals surface area (Å²) in [4.78, 5) is 19.4. The molecule has 2 rings (SSSR count). The van der Waals surface area contributed by atoms with Gasteiger partial charge in [-0.3, -0.25) is 9.97 Å². The predicted octanol–water partition coefficient (Wildman–Crippen LogP) is 3.22. The van der Waals surface area contributed by atoms with Crippen molar-refractivity contribution in [2.24, 2.45) is 0 Å². The Hall–Kier alpha value is -2.11. The number of nitrogens with one attached hydrogen (secondary N) is 2. The van der Waals surface area contributed by atoms with Crippen LogP contribution in [0.3, 0.4) is 0 Å². The summed E-state index contributed by atoms with van der Waals surface area (Å²) in [6, 6.07) is 7.27. The molecule has 0 aromatic carbocycles. The van der Waals surface area contributed by atoms with Crippen LogP contribution in [0.4, 0.5) is 4.79 Å². The molecule has 0 saturated carbocycles. The molecule has 132 valence electrons. The zero-order valence-corrected chi connectivity index (χ0v) is 17.8. The number of aromatic nitrogens is 2. The summed E-state index contributed by atoms with van der Waals surface area (Å²) >= 11 is 3.89. The van der Waals surface area contributed by atoms with E-state index in [-0.39, 0.29) is 6.03 Å². The summed E-state index contributed by atoms with van der Waals surface area (Å²) in [5.41, 5.74) is 2.04. The van der Waals surface area contributed by atoms with Crippen molar-refractivity contribution >= 4 is 51.2 Å². The fourth-order valence-corrected chi connectivity index (χ4v) is 1.75. The number of carbonyl (C=O) groups excluding carboxylic acids is 1. The molecular formula is C18H14I2N4O2. The Kier molecular flexibility index (Phi) is 16.3. The Labute approximate surface area is 180 Å². The molecule has 0 unspecified atom stereocenters. The van der Waals surface area contributed by atoms with E-state index in [1.54, 1.807) is 24.8 Å². The third-order valence-corrected chi connectivity index (χ3v) is 3.10. The van der Waals surface area contributed by atoms with E-state index in [4.69, 9.17) is 4.65 Å². The fraction of sp³-hybridized carbons (Fsp3) is 0.111. The zero-order valence-electron chi connectivity index (χ0n) is 13.5. The molecule has 0 spiro atoms. The van der Waals surface area contributed by atoms with Crippen molar-refractivity contribution in [2.45, 2.75) is 13.1 Å². The number of urea groups is 1. The number of pyridine rings is 2. The van der Waals surface area contributed by atoms with Gasteiger partial charge in [0.1, 0.15) is 0 Å². The second-order valence-electron chi connectivity index (χ2n) is 4.19. The molecule has 2 heterocycles. The Balaban J connectivity index is 0.000000667. The first-order valence-electron chi connectivity index (χ1n) is 6.97. The molecule has 6 nitrogen and oxygen atoms in total. The van der Waals surface area contributed by atoms with Gasteiger partial charge in [0, 0.05) is 83.1 Å². The summed E-state index contributed by atoms with van der Waals surface area (Å²) in [5.74, 6) is 5.13. The van der Waals surface area contributed by atoms with Crippen LogP contribution in [-0.2, 0) is 17.7 Å². The van der Waals surface area contributed by atoms with Crippen LogP contribution in [0.1, 0.15) is 11.1 Å². The molecule has 0 aliphatic rings. The van der Waals surface area contributed by atoms with Crippen LogP contribution in [0.5, 0.6) is 0 Å². The molecule has 0 aliphatic heterocycles. The van der Waals surface area contributed by atoms with Crippen molar-refractivity contribution in [3.8, 4) is 19.7 Å². The summed E-state index contributed by atoms with van der Waals surface area (Å²) in [6.07, 6.45) is 6.80. The SMILES string of the molecule is IC#CC#CI.O=C(NCc1ccncc1)NCc1ccncc1.[C-]#[O+]. The summed E-state index contributed by atoms with van der Waals surface area (Å²) < 4.78 is 12.7. The molecule has 2 aromatic rings. The van der Waals surface area contributed by atoms with E-state index in [1.807, 2.05) is 69.4 Å². The average molecular weight is 572 g/mol. The molecule has 2 amide bonds. The third kappa shape index (κ3) is 13.2. The Morgan fingerprint density at radius 2 is 1.23 bits per heavy atom.